The number of halogens is 4. The predicted molar refractivity (Wildman–Crippen MR) is 40.1 cm³/mol. The molecule has 0 fully saturated rings. The molecule has 0 aromatic carbocycles. The first-order chi connectivity index (χ1) is 6.49. The van der Waals surface area contributed by atoms with Crippen LogP contribution in [-0.4, -0.2) is 22.9 Å². The Morgan fingerprint density at radius 3 is 2.07 bits per heavy atom. The number of pyridine rings is 1. The van der Waals surface area contributed by atoms with E-state index in [1.807, 2.05) is 0 Å². The summed E-state index contributed by atoms with van der Waals surface area (Å²) in [5.41, 5.74) is -4.22. The van der Waals surface area contributed by atoms with E-state index >= 15 is 0 Å². The van der Waals surface area contributed by atoms with Gasteiger partial charge in [0.1, 0.15) is 0 Å². The summed E-state index contributed by atoms with van der Waals surface area (Å²) in [4.78, 5) is 3.28. The molecular weight excluding hydrogens is 202 g/mol. The molecular formula is C8H7F4NO. The average molecular weight is 209 g/mol. The van der Waals surface area contributed by atoms with E-state index < -0.39 is 24.1 Å². The molecule has 1 heterocycles. The summed E-state index contributed by atoms with van der Waals surface area (Å²) in [5.74, 6) is 0. The van der Waals surface area contributed by atoms with Gasteiger partial charge in [-0.3, -0.25) is 4.98 Å². The standard InChI is InChI=1S/C8H7F4NO/c9-6(10)8(14,7(11)12)5-3-1-2-4-13-5/h1-4,6-7,14H. The van der Waals surface area contributed by atoms with Gasteiger partial charge in [-0.15, -0.1) is 0 Å². The summed E-state index contributed by atoms with van der Waals surface area (Å²) < 4.78 is 49.0. The molecule has 0 unspecified atom stereocenters. The molecule has 1 N–H and O–H groups in total. The number of nitrogens with zero attached hydrogens (tertiary/aromatic N) is 1. The summed E-state index contributed by atoms with van der Waals surface area (Å²) >= 11 is 0. The second kappa shape index (κ2) is 3.91. The lowest BCUT2D eigenvalue weighted by molar-refractivity contribution is -0.185. The lowest BCUT2D eigenvalue weighted by Gasteiger charge is -2.25. The maximum Gasteiger partial charge on any atom is 0.278 e. The van der Waals surface area contributed by atoms with Gasteiger partial charge < -0.3 is 5.11 Å². The van der Waals surface area contributed by atoms with Crippen molar-refractivity contribution < 1.29 is 22.7 Å². The fourth-order valence-electron chi connectivity index (χ4n) is 0.918. The first kappa shape index (κ1) is 10.9. The Morgan fingerprint density at radius 2 is 1.71 bits per heavy atom. The molecule has 0 bridgehead atoms. The topological polar surface area (TPSA) is 33.1 Å². The third-order valence-electron chi connectivity index (χ3n) is 1.74. The fraction of sp³-hybridized carbons (Fsp3) is 0.375. The highest BCUT2D eigenvalue weighted by molar-refractivity contribution is 5.15. The summed E-state index contributed by atoms with van der Waals surface area (Å²) in [6, 6.07) is 3.55. The van der Waals surface area contributed by atoms with Crippen molar-refractivity contribution in [1.82, 2.24) is 4.98 Å². The number of hydrogen-bond donors (Lipinski definition) is 1. The number of aliphatic hydroxyl groups is 1. The zero-order valence-electron chi connectivity index (χ0n) is 6.87. The molecule has 0 aliphatic heterocycles. The summed E-state index contributed by atoms with van der Waals surface area (Å²) in [6.45, 7) is 0. The van der Waals surface area contributed by atoms with Gasteiger partial charge in [-0.25, -0.2) is 17.6 Å². The zero-order valence-corrected chi connectivity index (χ0v) is 6.87. The van der Waals surface area contributed by atoms with Crippen LogP contribution in [0.5, 0.6) is 0 Å². The molecule has 0 aliphatic carbocycles. The molecule has 78 valence electrons. The van der Waals surface area contributed by atoms with Crippen molar-refractivity contribution in [2.24, 2.45) is 0 Å². The van der Waals surface area contributed by atoms with Crippen LogP contribution in [0.1, 0.15) is 5.69 Å². The van der Waals surface area contributed by atoms with Crippen LogP contribution in [0.25, 0.3) is 0 Å². The van der Waals surface area contributed by atoms with Crippen molar-refractivity contribution in [2.45, 2.75) is 18.5 Å². The minimum absolute atomic E-state index is 0.731. The summed E-state index contributed by atoms with van der Waals surface area (Å²) in [5, 5.41) is 9.07. The number of aromatic nitrogens is 1. The third-order valence-corrected chi connectivity index (χ3v) is 1.74. The molecule has 0 atom stereocenters. The van der Waals surface area contributed by atoms with Crippen molar-refractivity contribution in [2.75, 3.05) is 0 Å². The predicted octanol–water partition coefficient (Wildman–Crippen LogP) is 1.80. The molecule has 2 nitrogen and oxygen atoms in total. The monoisotopic (exact) mass is 209 g/mol. The minimum Gasteiger partial charge on any atom is -0.373 e. The van der Waals surface area contributed by atoms with Gasteiger partial charge in [-0.1, -0.05) is 6.07 Å². The van der Waals surface area contributed by atoms with E-state index in [1.54, 1.807) is 0 Å². The van der Waals surface area contributed by atoms with Gasteiger partial charge in [0.2, 0.25) is 5.60 Å². The highest BCUT2D eigenvalue weighted by Crippen LogP contribution is 2.32. The van der Waals surface area contributed by atoms with E-state index in [9.17, 15) is 17.6 Å². The van der Waals surface area contributed by atoms with E-state index in [0.29, 0.717) is 0 Å². The molecule has 1 aromatic heterocycles. The minimum atomic E-state index is -3.59. The van der Waals surface area contributed by atoms with Gasteiger partial charge in [0.05, 0.1) is 5.69 Å². The second-order valence-electron chi connectivity index (χ2n) is 2.64. The van der Waals surface area contributed by atoms with Gasteiger partial charge in [0.15, 0.2) is 0 Å². The van der Waals surface area contributed by atoms with Crippen molar-refractivity contribution in [3.8, 4) is 0 Å². The van der Waals surface area contributed by atoms with Crippen LogP contribution in [0.15, 0.2) is 24.4 Å². The first-order valence-corrected chi connectivity index (χ1v) is 3.69. The van der Waals surface area contributed by atoms with Gasteiger partial charge in [0.25, 0.3) is 12.9 Å². The van der Waals surface area contributed by atoms with Crippen molar-refractivity contribution in [3.05, 3.63) is 30.1 Å². The normalized spacial score (nSPS) is 12.5. The smallest absolute Gasteiger partial charge is 0.278 e. The Morgan fingerprint density at radius 1 is 1.14 bits per heavy atom. The van der Waals surface area contributed by atoms with Gasteiger partial charge in [-0.2, -0.15) is 0 Å². The lowest BCUT2D eigenvalue weighted by Crippen LogP contribution is -2.42. The molecule has 0 spiro atoms. The average Bonchev–Trinajstić information content (AvgIpc) is 2.17. The van der Waals surface area contributed by atoms with E-state index in [-0.39, 0.29) is 0 Å². The van der Waals surface area contributed by atoms with Crippen LogP contribution in [-0.2, 0) is 5.60 Å². The quantitative estimate of drug-likeness (QED) is 0.770. The Hall–Kier alpha value is -1.17. The van der Waals surface area contributed by atoms with Crippen LogP contribution in [0, 0.1) is 0 Å². The van der Waals surface area contributed by atoms with E-state index in [2.05, 4.69) is 4.98 Å². The Labute approximate surface area is 77.2 Å². The molecule has 6 heteroatoms. The first-order valence-electron chi connectivity index (χ1n) is 3.69. The molecule has 0 amide bonds. The molecule has 0 radical (unpaired) electrons. The van der Waals surface area contributed by atoms with Crippen molar-refractivity contribution in [3.63, 3.8) is 0 Å². The molecule has 0 saturated heterocycles. The largest absolute Gasteiger partial charge is 0.373 e. The zero-order chi connectivity index (χ0) is 10.8. The number of alkyl halides is 4. The van der Waals surface area contributed by atoms with Gasteiger partial charge >= 0.3 is 0 Å². The fourth-order valence-corrected chi connectivity index (χ4v) is 0.918. The van der Waals surface area contributed by atoms with Crippen LogP contribution < -0.4 is 0 Å². The Bertz CT molecular complexity index is 283. The maximum absolute atomic E-state index is 12.2. The third kappa shape index (κ3) is 1.70. The number of hydrogen-bond acceptors (Lipinski definition) is 2. The lowest BCUT2D eigenvalue weighted by atomic mass is 10.0. The van der Waals surface area contributed by atoms with Crippen LogP contribution in [0.4, 0.5) is 17.6 Å². The summed E-state index contributed by atoms with van der Waals surface area (Å²) in [7, 11) is 0. The Kier molecular flexibility index (Phi) is 3.05. The van der Waals surface area contributed by atoms with E-state index in [1.165, 1.54) is 12.1 Å². The van der Waals surface area contributed by atoms with Crippen LogP contribution >= 0.6 is 0 Å². The second-order valence-corrected chi connectivity index (χ2v) is 2.64. The van der Waals surface area contributed by atoms with Crippen LogP contribution in [0.2, 0.25) is 0 Å². The van der Waals surface area contributed by atoms with Gasteiger partial charge in [-0.05, 0) is 12.1 Å². The van der Waals surface area contributed by atoms with E-state index in [0.717, 1.165) is 12.3 Å². The van der Waals surface area contributed by atoms with Crippen molar-refractivity contribution in [1.29, 1.82) is 0 Å². The van der Waals surface area contributed by atoms with Crippen molar-refractivity contribution >= 4 is 0 Å². The van der Waals surface area contributed by atoms with Crippen LogP contribution in [0.3, 0.4) is 0 Å². The molecule has 0 saturated carbocycles. The van der Waals surface area contributed by atoms with Gasteiger partial charge in [0, 0.05) is 6.20 Å². The molecule has 1 rings (SSSR count). The molecule has 0 aliphatic rings. The number of rotatable bonds is 3. The highest BCUT2D eigenvalue weighted by Gasteiger charge is 2.49. The van der Waals surface area contributed by atoms with E-state index in [4.69, 9.17) is 5.11 Å². The molecule has 1 aromatic rings. The summed E-state index contributed by atoms with van der Waals surface area (Å²) in [6.07, 6.45) is -6.11. The molecule has 14 heavy (non-hydrogen) atoms. The maximum atomic E-state index is 12.2. The SMILES string of the molecule is OC(c1ccccn1)(C(F)F)C(F)F. The highest BCUT2D eigenvalue weighted by atomic mass is 19.3. The Balaban J connectivity index is 3.13.